The topological polar surface area (TPSA) is 0 Å². The Hall–Kier alpha value is 0.466. The van der Waals surface area contributed by atoms with Gasteiger partial charge in [0.25, 0.3) is 0 Å². The highest BCUT2D eigenvalue weighted by molar-refractivity contribution is 8.93. The van der Waals surface area contributed by atoms with Crippen molar-refractivity contribution in [2.24, 2.45) is 0 Å². The molecule has 0 aliphatic rings. The van der Waals surface area contributed by atoms with Crippen molar-refractivity contribution in [3.63, 3.8) is 0 Å². The Bertz CT molecular complexity index is 248. The van der Waals surface area contributed by atoms with Crippen LogP contribution in [-0.4, -0.2) is 20.4 Å². The number of benzene rings is 1. The summed E-state index contributed by atoms with van der Waals surface area (Å²) in [5.74, 6) is 0. The molecular formula is C15H25BrMg. The summed E-state index contributed by atoms with van der Waals surface area (Å²) in [5.41, 5.74) is 0. The van der Waals surface area contributed by atoms with Gasteiger partial charge in [0.05, 0.1) is 0 Å². The lowest BCUT2D eigenvalue weighted by atomic mass is 10.1. The first-order chi connectivity index (χ1) is 7.93. The molecule has 0 aromatic heterocycles. The average Bonchev–Trinajstić information content (AvgIpc) is 2.34. The van der Waals surface area contributed by atoms with Crippen LogP contribution in [0.3, 0.4) is 0 Å². The van der Waals surface area contributed by atoms with Gasteiger partial charge < -0.3 is 0 Å². The van der Waals surface area contributed by atoms with Crippen molar-refractivity contribution >= 4 is 41.0 Å². The summed E-state index contributed by atoms with van der Waals surface area (Å²) in [7, 11) is 0. The van der Waals surface area contributed by atoms with Crippen LogP contribution >= 0.6 is 17.0 Å². The van der Waals surface area contributed by atoms with Gasteiger partial charge in [-0.1, -0.05) is 82.2 Å². The predicted octanol–water partition coefficient (Wildman–Crippen LogP) is 4.76. The fourth-order valence-electron chi connectivity index (χ4n) is 2.11. The Balaban J connectivity index is 0.00000256. The lowest BCUT2D eigenvalue weighted by Crippen LogP contribution is -2.12. The molecule has 0 fully saturated rings. The molecule has 0 atom stereocenters. The second-order valence-electron chi connectivity index (χ2n) is 4.71. The molecule has 0 radical (unpaired) electrons. The van der Waals surface area contributed by atoms with E-state index in [2.05, 4.69) is 37.3 Å². The molecule has 0 bridgehead atoms. The van der Waals surface area contributed by atoms with Gasteiger partial charge in [-0.3, -0.25) is 0 Å². The van der Waals surface area contributed by atoms with Crippen molar-refractivity contribution in [2.45, 2.75) is 56.4 Å². The van der Waals surface area contributed by atoms with Gasteiger partial charge in [0.2, 0.25) is 0 Å². The van der Waals surface area contributed by atoms with E-state index in [1.54, 1.807) is 3.69 Å². The quantitative estimate of drug-likeness (QED) is 0.455. The van der Waals surface area contributed by atoms with Gasteiger partial charge in [0, 0.05) is 0 Å². The summed E-state index contributed by atoms with van der Waals surface area (Å²) in [5, 5.41) is 0. The van der Waals surface area contributed by atoms with Crippen molar-refractivity contribution in [3.05, 3.63) is 30.3 Å². The first-order valence-corrected chi connectivity index (χ1v) is 8.68. The molecule has 0 spiro atoms. The van der Waals surface area contributed by atoms with Gasteiger partial charge >= 0.3 is 20.4 Å². The number of hydrogen-bond acceptors (Lipinski definition) is 0. The second kappa shape index (κ2) is 12.9. The Kier molecular flexibility index (Phi) is 13.3. The molecule has 0 heterocycles. The Labute approximate surface area is 127 Å². The maximum absolute atomic E-state index is 2.30. The third kappa shape index (κ3) is 10.1. The summed E-state index contributed by atoms with van der Waals surface area (Å²) in [6.07, 6.45) is 10.1. The molecule has 0 amide bonds. The molecule has 94 valence electrons. The van der Waals surface area contributed by atoms with Crippen LogP contribution in [-0.2, 0) is 0 Å². The molecule has 17 heavy (non-hydrogen) atoms. The van der Waals surface area contributed by atoms with Crippen molar-refractivity contribution in [1.29, 1.82) is 0 Å². The minimum Gasteiger partial charge on any atom is -0.174 e. The summed E-state index contributed by atoms with van der Waals surface area (Å²) in [6, 6.07) is 11.1. The van der Waals surface area contributed by atoms with E-state index < -0.39 is 0 Å². The minimum atomic E-state index is 0. The third-order valence-corrected chi connectivity index (χ3v) is 5.06. The predicted molar refractivity (Wildman–Crippen MR) is 85.0 cm³/mol. The van der Waals surface area contributed by atoms with Gasteiger partial charge in [-0.2, -0.15) is 3.69 Å². The smallest absolute Gasteiger partial charge is 0.174 e. The number of unbranched alkanes of at least 4 members (excludes halogenated alkanes) is 6. The van der Waals surface area contributed by atoms with Crippen LogP contribution in [0.2, 0.25) is 4.55 Å². The molecule has 0 saturated heterocycles. The lowest BCUT2D eigenvalue weighted by molar-refractivity contribution is 0.601. The largest absolute Gasteiger partial charge is 0.408 e. The Morgan fingerprint density at radius 3 is 2.06 bits per heavy atom. The monoisotopic (exact) mass is 308 g/mol. The van der Waals surface area contributed by atoms with Crippen molar-refractivity contribution < 1.29 is 0 Å². The highest BCUT2D eigenvalue weighted by Gasteiger charge is 1.98. The van der Waals surface area contributed by atoms with E-state index in [1.165, 1.54) is 49.5 Å². The summed E-state index contributed by atoms with van der Waals surface area (Å²) < 4.78 is 3.13. The van der Waals surface area contributed by atoms with E-state index in [0.29, 0.717) is 0 Å². The van der Waals surface area contributed by atoms with Crippen LogP contribution in [0, 0.1) is 0 Å². The fraction of sp³-hybridized carbons (Fsp3) is 0.600. The molecule has 0 nitrogen and oxygen atoms in total. The van der Waals surface area contributed by atoms with Crippen LogP contribution in [0.25, 0.3) is 0 Å². The fourth-order valence-corrected chi connectivity index (χ4v) is 3.72. The van der Waals surface area contributed by atoms with E-state index in [9.17, 15) is 0 Å². The average molecular weight is 310 g/mol. The SMILES string of the molecule is Br.CCCCCCCC[CH2][Mg][c]1ccccc1. The van der Waals surface area contributed by atoms with Gasteiger partial charge in [-0.15, -0.1) is 21.5 Å². The van der Waals surface area contributed by atoms with E-state index in [-0.39, 0.29) is 37.3 Å². The van der Waals surface area contributed by atoms with Gasteiger partial charge in [-0.05, 0) is 0 Å². The highest BCUT2D eigenvalue weighted by Crippen LogP contribution is 2.08. The zero-order chi connectivity index (χ0) is 11.5. The van der Waals surface area contributed by atoms with E-state index in [1.807, 2.05) is 0 Å². The second-order valence-corrected chi connectivity index (χ2v) is 6.73. The molecule has 1 aromatic rings. The molecule has 0 unspecified atom stereocenters. The number of rotatable bonds is 9. The van der Waals surface area contributed by atoms with Gasteiger partial charge in [0.15, 0.2) is 0 Å². The van der Waals surface area contributed by atoms with E-state index in [0.717, 1.165) is 0 Å². The molecule has 0 aliphatic heterocycles. The lowest BCUT2D eigenvalue weighted by Gasteiger charge is -2.01. The normalized spacial score (nSPS) is 9.47. The summed E-state index contributed by atoms with van der Waals surface area (Å²) in [4.78, 5) is 0. The molecular weight excluding hydrogens is 284 g/mol. The van der Waals surface area contributed by atoms with Crippen LogP contribution in [0.15, 0.2) is 30.3 Å². The van der Waals surface area contributed by atoms with Crippen LogP contribution in [0.4, 0.5) is 0 Å². The van der Waals surface area contributed by atoms with Crippen molar-refractivity contribution in [1.82, 2.24) is 0 Å². The molecule has 1 rings (SSSR count). The van der Waals surface area contributed by atoms with Crippen molar-refractivity contribution in [3.8, 4) is 0 Å². The Morgan fingerprint density at radius 1 is 0.824 bits per heavy atom. The first kappa shape index (κ1) is 17.5. The zero-order valence-corrected chi connectivity index (χ0v) is 14.3. The Morgan fingerprint density at radius 2 is 1.41 bits per heavy atom. The molecule has 0 N–H and O–H groups in total. The van der Waals surface area contributed by atoms with E-state index in [4.69, 9.17) is 0 Å². The first-order valence-electron chi connectivity index (χ1n) is 6.97. The molecule has 0 aliphatic carbocycles. The van der Waals surface area contributed by atoms with Crippen LogP contribution in [0.1, 0.15) is 51.9 Å². The number of hydrogen-bond donors (Lipinski definition) is 0. The number of halogens is 1. The zero-order valence-electron chi connectivity index (χ0n) is 11.2. The minimum absolute atomic E-state index is 0. The maximum atomic E-state index is 2.30. The van der Waals surface area contributed by atoms with Crippen LogP contribution in [0.5, 0.6) is 0 Å². The summed E-state index contributed by atoms with van der Waals surface area (Å²) >= 11 is 0.0447. The highest BCUT2D eigenvalue weighted by atomic mass is 79.9. The van der Waals surface area contributed by atoms with Gasteiger partial charge in [0.1, 0.15) is 0 Å². The third-order valence-electron chi connectivity index (χ3n) is 3.16. The molecule has 1 aromatic carbocycles. The standard InChI is InChI=1S/C9H19.C6H5.BrH.Mg/c1-3-5-7-9-8-6-4-2;1-2-4-6-5-3-1;;/h1,3-9H2,2H3;1-5H;1H;. The van der Waals surface area contributed by atoms with Crippen molar-refractivity contribution in [2.75, 3.05) is 0 Å². The van der Waals surface area contributed by atoms with Crippen LogP contribution < -0.4 is 3.69 Å². The molecule has 0 saturated carbocycles. The summed E-state index contributed by atoms with van der Waals surface area (Å²) in [6.45, 7) is 2.28. The maximum Gasteiger partial charge on any atom is 0.408 e. The van der Waals surface area contributed by atoms with E-state index >= 15 is 0 Å². The molecule has 2 heteroatoms. The van der Waals surface area contributed by atoms with Gasteiger partial charge in [-0.25, -0.2) is 0 Å².